The standard InChI is InChI=1S/C19H18F4N2O/c20-15-6-4-12(5-7-15)9-25-18(26)17-11-24-10-16(17)13-2-1-3-14(8-13)19(21,22)23/h1-8,16-17,24H,9-11H2,(H,25,26). The third-order valence-electron chi connectivity index (χ3n) is 4.57. The van der Waals surface area contributed by atoms with Crippen molar-refractivity contribution in [3.63, 3.8) is 0 Å². The quantitative estimate of drug-likeness (QED) is 0.814. The molecule has 3 nitrogen and oxygen atoms in total. The van der Waals surface area contributed by atoms with Gasteiger partial charge in [-0.3, -0.25) is 4.79 Å². The molecule has 7 heteroatoms. The third kappa shape index (κ3) is 4.22. The first-order valence-electron chi connectivity index (χ1n) is 8.24. The molecule has 1 amide bonds. The normalized spacial score (nSPS) is 20.2. The molecule has 0 aliphatic carbocycles. The molecule has 1 fully saturated rings. The zero-order valence-electron chi connectivity index (χ0n) is 13.8. The molecule has 2 aromatic carbocycles. The van der Waals surface area contributed by atoms with Crippen LogP contribution in [0.5, 0.6) is 0 Å². The Labute approximate surface area is 148 Å². The molecule has 0 bridgehead atoms. The van der Waals surface area contributed by atoms with E-state index < -0.39 is 17.7 Å². The van der Waals surface area contributed by atoms with E-state index in [4.69, 9.17) is 0 Å². The molecule has 138 valence electrons. The van der Waals surface area contributed by atoms with E-state index in [-0.39, 0.29) is 24.2 Å². The summed E-state index contributed by atoms with van der Waals surface area (Å²) in [4.78, 5) is 12.5. The van der Waals surface area contributed by atoms with Gasteiger partial charge in [-0.05, 0) is 29.3 Å². The molecular formula is C19H18F4N2O. The molecule has 0 spiro atoms. The van der Waals surface area contributed by atoms with Crippen molar-refractivity contribution in [2.24, 2.45) is 5.92 Å². The minimum absolute atomic E-state index is 0.235. The third-order valence-corrected chi connectivity index (χ3v) is 4.57. The lowest BCUT2D eigenvalue weighted by molar-refractivity contribution is -0.137. The summed E-state index contributed by atoms with van der Waals surface area (Å²) >= 11 is 0. The molecule has 1 saturated heterocycles. The van der Waals surface area contributed by atoms with Crippen LogP contribution in [0, 0.1) is 11.7 Å². The first-order valence-corrected chi connectivity index (χ1v) is 8.24. The second-order valence-electron chi connectivity index (χ2n) is 6.34. The first-order chi connectivity index (χ1) is 12.3. The van der Waals surface area contributed by atoms with Crippen LogP contribution >= 0.6 is 0 Å². The largest absolute Gasteiger partial charge is 0.416 e. The molecule has 2 unspecified atom stereocenters. The Morgan fingerprint density at radius 3 is 2.54 bits per heavy atom. The van der Waals surface area contributed by atoms with Gasteiger partial charge in [0.05, 0.1) is 11.5 Å². The number of alkyl halides is 3. The SMILES string of the molecule is O=C(NCc1ccc(F)cc1)C1CNCC1c1cccc(C(F)(F)F)c1. The molecule has 2 atom stereocenters. The Balaban J connectivity index is 1.69. The lowest BCUT2D eigenvalue weighted by atomic mass is 9.87. The maximum atomic E-state index is 12.9. The summed E-state index contributed by atoms with van der Waals surface area (Å²) in [5.41, 5.74) is 0.528. The van der Waals surface area contributed by atoms with Gasteiger partial charge in [-0.15, -0.1) is 0 Å². The average molecular weight is 366 g/mol. The van der Waals surface area contributed by atoms with E-state index in [9.17, 15) is 22.4 Å². The van der Waals surface area contributed by atoms with Crippen molar-refractivity contribution >= 4 is 5.91 Å². The van der Waals surface area contributed by atoms with Crippen LogP contribution in [0.25, 0.3) is 0 Å². The molecule has 1 aliphatic heterocycles. The molecular weight excluding hydrogens is 348 g/mol. The average Bonchev–Trinajstić information content (AvgIpc) is 3.10. The molecule has 3 rings (SSSR count). The van der Waals surface area contributed by atoms with Gasteiger partial charge < -0.3 is 10.6 Å². The van der Waals surface area contributed by atoms with Crippen molar-refractivity contribution in [2.75, 3.05) is 13.1 Å². The van der Waals surface area contributed by atoms with Crippen LogP contribution in [0.3, 0.4) is 0 Å². The number of benzene rings is 2. The zero-order valence-corrected chi connectivity index (χ0v) is 13.8. The molecule has 26 heavy (non-hydrogen) atoms. The molecule has 0 saturated carbocycles. The predicted octanol–water partition coefficient (Wildman–Crippen LogP) is 3.46. The molecule has 0 aromatic heterocycles. The van der Waals surface area contributed by atoms with E-state index in [2.05, 4.69) is 10.6 Å². The van der Waals surface area contributed by atoms with Crippen LogP contribution in [-0.4, -0.2) is 19.0 Å². The number of amides is 1. The molecule has 1 heterocycles. The Morgan fingerprint density at radius 2 is 1.85 bits per heavy atom. The number of rotatable bonds is 4. The van der Waals surface area contributed by atoms with E-state index in [1.54, 1.807) is 18.2 Å². The lowest BCUT2D eigenvalue weighted by Crippen LogP contribution is -2.34. The van der Waals surface area contributed by atoms with Crippen LogP contribution in [0.2, 0.25) is 0 Å². The predicted molar refractivity (Wildman–Crippen MR) is 88.8 cm³/mol. The Hall–Kier alpha value is -2.41. The highest BCUT2D eigenvalue weighted by molar-refractivity contribution is 5.80. The summed E-state index contributed by atoms with van der Waals surface area (Å²) in [6.45, 7) is 1.08. The number of carbonyl (C=O) groups excluding carboxylic acids is 1. The highest BCUT2D eigenvalue weighted by atomic mass is 19.4. The minimum atomic E-state index is -4.41. The second-order valence-corrected chi connectivity index (χ2v) is 6.34. The summed E-state index contributed by atoms with van der Waals surface area (Å²) in [6, 6.07) is 10.9. The second kappa shape index (κ2) is 7.45. The van der Waals surface area contributed by atoms with Crippen LogP contribution in [0.15, 0.2) is 48.5 Å². The molecule has 0 radical (unpaired) electrons. The number of hydrogen-bond acceptors (Lipinski definition) is 2. The van der Waals surface area contributed by atoms with Gasteiger partial charge in [0, 0.05) is 25.6 Å². The van der Waals surface area contributed by atoms with E-state index in [1.807, 2.05) is 0 Å². The van der Waals surface area contributed by atoms with Crippen molar-refractivity contribution in [1.29, 1.82) is 0 Å². The smallest absolute Gasteiger partial charge is 0.352 e. The first kappa shape index (κ1) is 18.4. The van der Waals surface area contributed by atoms with Gasteiger partial charge in [0.15, 0.2) is 0 Å². The van der Waals surface area contributed by atoms with E-state index in [0.29, 0.717) is 18.7 Å². The highest BCUT2D eigenvalue weighted by Gasteiger charge is 2.36. The monoisotopic (exact) mass is 366 g/mol. The van der Waals surface area contributed by atoms with E-state index >= 15 is 0 Å². The van der Waals surface area contributed by atoms with Gasteiger partial charge in [0.1, 0.15) is 5.82 Å². The summed E-state index contributed by atoms with van der Waals surface area (Å²) in [7, 11) is 0. The highest BCUT2D eigenvalue weighted by Crippen LogP contribution is 2.34. The van der Waals surface area contributed by atoms with Gasteiger partial charge in [-0.25, -0.2) is 4.39 Å². The van der Waals surface area contributed by atoms with Crippen molar-refractivity contribution in [2.45, 2.75) is 18.6 Å². The van der Waals surface area contributed by atoms with Crippen molar-refractivity contribution < 1.29 is 22.4 Å². The Bertz CT molecular complexity index is 774. The number of nitrogens with one attached hydrogen (secondary N) is 2. The van der Waals surface area contributed by atoms with Crippen LogP contribution < -0.4 is 10.6 Å². The molecule has 2 aromatic rings. The fourth-order valence-electron chi connectivity index (χ4n) is 3.17. The Kier molecular flexibility index (Phi) is 5.27. The topological polar surface area (TPSA) is 41.1 Å². The number of carbonyl (C=O) groups is 1. The van der Waals surface area contributed by atoms with Crippen molar-refractivity contribution in [3.05, 3.63) is 71.0 Å². The van der Waals surface area contributed by atoms with E-state index in [0.717, 1.165) is 17.7 Å². The van der Waals surface area contributed by atoms with Gasteiger partial charge >= 0.3 is 6.18 Å². The van der Waals surface area contributed by atoms with Crippen LogP contribution in [0.1, 0.15) is 22.6 Å². The van der Waals surface area contributed by atoms with E-state index in [1.165, 1.54) is 18.2 Å². The van der Waals surface area contributed by atoms with Crippen molar-refractivity contribution in [3.8, 4) is 0 Å². The maximum absolute atomic E-state index is 12.9. The summed E-state index contributed by atoms with van der Waals surface area (Å²) in [6.07, 6.45) is -4.41. The van der Waals surface area contributed by atoms with Gasteiger partial charge in [-0.2, -0.15) is 13.2 Å². The Morgan fingerprint density at radius 1 is 1.12 bits per heavy atom. The summed E-state index contributed by atoms with van der Waals surface area (Å²) in [5.74, 6) is -1.38. The van der Waals surface area contributed by atoms with Gasteiger partial charge in [-0.1, -0.05) is 30.3 Å². The van der Waals surface area contributed by atoms with Gasteiger partial charge in [0.25, 0.3) is 0 Å². The molecule has 2 N–H and O–H groups in total. The van der Waals surface area contributed by atoms with Crippen LogP contribution in [-0.2, 0) is 17.5 Å². The minimum Gasteiger partial charge on any atom is -0.352 e. The lowest BCUT2D eigenvalue weighted by Gasteiger charge is -2.20. The fourth-order valence-corrected chi connectivity index (χ4v) is 3.17. The van der Waals surface area contributed by atoms with Crippen LogP contribution in [0.4, 0.5) is 17.6 Å². The zero-order chi connectivity index (χ0) is 18.7. The van der Waals surface area contributed by atoms with Crippen molar-refractivity contribution in [1.82, 2.24) is 10.6 Å². The van der Waals surface area contributed by atoms with Gasteiger partial charge in [0.2, 0.25) is 5.91 Å². The summed E-state index contributed by atoms with van der Waals surface area (Å²) < 4.78 is 51.7. The number of halogens is 4. The number of hydrogen-bond donors (Lipinski definition) is 2. The maximum Gasteiger partial charge on any atom is 0.416 e. The fraction of sp³-hybridized carbons (Fsp3) is 0.316. The molecule has 1 aliphatic rings. The summed E-state index contributed by atoms with van der Waals surface area (Å²) in [5, 5.41) is 5.86.